The number of anilines is 1. The molecule has 0 aliphatic carbocycles. The van der Waals surface area contributed by atoms with E-state index in [9.17, 15) is 8.42 Å². The number of nitrogens with one attached hydrogen (secondary N) is 1. The molecule has 2 aromatic rings. The maximum atomic E-state index is 12.7. The summed E-state index contributed by atoms with van der Waals surface area (Å²) in [4.78, 5) is 6.61. The van der Waals surface area contributed by atoms with E-state index >= 15 is 0 Å². The number of hydrogen-bond acceptors (Lipinski definition) is 7. The van der Waals surface area contributed by atoms with Crippen LogP contribution in [0.5, 0.6) is 5.75 Å². The van der Waals surface area contributed by atoms with Gasteiger partial charge in [-0.15, -0.1) is 0 Å². The van der Waals surface area contributed by atoms with E-state index in [1.54, 1.807) is 19.2 Å². The van der Waals surface area contributed by atoms with Gasteiger partial charge < -0.3 is 19.7 Å². The molecule has 1 aromatic carbocycles. The number of pyridine rings is 1. The lowest BCUT2D eigenvalue weighted by atomic mass is 10.1. The zero-order chi connectivity index (χ0) is 20.9. The molecule has 1 aliphatic heterocycles. The molecule has 2 heterocycles. The first-order chi connectivity index (χ1) is 13.9. The average Bonchev–Trinajstić information content (AvgIpc) is 2.75. The normalized spacial score (nSPS) is 16.6. The number of benzene rings is 1. The van der Waals surface area contributed by atoms with Crippen LogP contribution < -0.4 is 10.1 Å². The van der Waals surface area contributed by atoms with Gasteiger partial charge >= 0.3 is 0 Å². The maximum Gasteiger partial charge on any atom is 0.244 e. The monoisotopic (exact) mass is 420 g/mol. The molecular formula is C20H28N4O4S. The van der Waals surface area contributed by atoms with Crippen LogP contribution in [-0.2, 0) is 14.8 Å². The van der Waals surface area contributed by atoms with Gasteiger partial charge in [0.25, 0.3) is 0 Å². The Kier molecular flexibility index (Phi) is 7.07. The van der Waals surface area contributed by atoms with Gasteiger partial charge in [0.1, 0.15) is 16.5 Å². The second kappa shape index (κ2) is 9.53. The van der Waals surface area contributed by atoms with Crippen molar-refractivity contribution in [2.45, 2.75) is 10.9 Å². The third-order valence-electron chi connectivity index (χ3n) is 4.92. The van der Waals surface area contributed by atoms with Crippen molar-refractivity contribution in [3.8, 4) is 5.75 Å². The molecule has 29 heavy (non-hydrogen) atoms. The zero-order valence-corrected chi connectivity index (χ0v) is 17.9. The Balaban J connectivity index is 1.68. The van der Waals surface area contributed by atoms with Crippen LogP contribution in [0, 0.1) is 0 Å². The molecule has 0 bridgehead atoms. The van der Waals surface area contributed by atoms with Crippen LogP contribution >= 0.6 is 0 Å². The van der Waals surface area contributed by atoms with Crippen LogP contribution in [0.4, 0.5) is 5.82 Å². The highest BCUT2D eigenvalue weighted by Crippen LogP contribution is 2.23. The predicted octanol–water partition coefficient (Wildman–Crippen LogP) is 1.83. The molecule has 1 N–H and O–H groups in total. The molecular weight excluding hydrogens is 392 g/mol. The molecule has 9 heteroatoms. The summed E-state index contributed by atoms with van der Waals surface area (Å²) in [6, 6.07) is 11.3. The van der Waals surface area contributed by atoms with E-state index in [4.69, 9.17) is 9.47 Å². The van der Waals surface area contributed by atoms with Gasteiger partial charge in [0, 0.05) is 25.8 Å². The molecule has 1 saturated heterocycles. The minimum atomic E-state index is -3.53. The van der Waals surface area contributed by atoms with Crippen molar-refractivity contribution in [1.82, 2.24) is 14.2 Å². The summed E-state index contributed by atoms with van der Waals surface area (Å²) in [5.41, 5.74) is 1.12. The molecule has 8 nitrogen and oxygen atoms in total. The first kappa shape index (κ1) is 21.5. The first-order valence-electron chi connectivity index (χ1n) is 9.50. The Hall–Kier alpha value is -2.20. The van der Waals surface area contributed by atoms with Crippen molar-refractivity contribution in [3.63, 3.8) is 0 Å². The molecule has 1 aromatic heterocycles. The van der Waals surface area contributed by atoms with Gasteiger partial charge in [-0.25, -0.2) is 13.4 Å². The van der Waals surface area contributed by atoms with Crippen molar-refractivity contribution in [2.24, 2.45) is 0 Å². The van der Waals surface area contributed by atoms with Crippen molar-refractivity contribution >= 4 is 15.8 Å². The van der Waals surface area contributed by atoms with Crippen LogP contribution in [0.15, 0.2) is 47.5 Å². The van der Waals surface area contributed by atoms with E-state index in [-0.39, 0.29) is 10.9 Å². The largest absolute Gasteiger partial charge is 0.497 e. The van der Waals surface area contributed by atoms with Gasteiger partial charge in [-0.1, -0.05) is 12.1 Å². The molecule has 0 radical (unpaired) electrons. The number of hydrogen-bond donors (Lipinski definition) is 1. The van der Waals surface area contributed by atoms with E-state index < -0.39 is 10.0 Å². The van der Waals surface area contributed by atoms with E-state index in [1.807, 2.05) is 32.3 Å². The Morgan fingerprint density at radius 2 is 2.00 bits per heavy atom. The number of nitrogens with zero attached hydrogens (tertiary/aromatic N) is 3. The van der Waals surface area contributed by atoms with Crippen molar-refractivity contribution in [2.75, 3.05) is 59.4 Å². The summed E-state index contributed by atoms with van der Waals surface area (Å²) in [6.07, 6.45) is 1.41. The molecule has 0 amide bonds. The summed E-state index contributed by atoms with van der Waals surface area (Å²) in [7, 11) is 2.14. The first-order valence-corrected chi connectivity index (χ1v) is 10.9. The predicted molar refractivity (Wildman–Crippen MR) is 112 cm³/mol. The van der Waals surface area contributed by atoms with Crippen LogP contribution in [0.2, 0.25) is 0 Å². The van der Waals surface area contributed by atoms with Gasteiger partial charge in [-0.3, -0.25) is 0 Å². The standard InChI is InChI=1S/C20H28N4O4S/c1-23(2)19(16-5-4-6-17(13-16)27-3)15-22-20-8-7-18(14-21-20)29(25,26)24-9-11-28-12-10-24/h4-8,13-14,19H,9-12,15H2,1-3H3,(H,21,22)/t19-/m1/s1. The average molecular weight is 421 g/mol. The van der Waals surface area contributed by atoms with Crippen LogP contribution in [0.1, 0.15) is 11.6 Å². The second-order valence-corrected chi connectivity index (χ2v) is 8.97. The fraction of sp³-hybridized carbons (Fsp3) is 0.450. The molecule has 158 valence electrons. The zero-order valence-electron chi connectivity index (χ0n) is 17.0. The highest BCUT2D eigenvalue weighted by atomic mass is 32.2. The number of rotatable bonds is 8. The number of aromatic nitrogens is 1. The fourth-order valence-corrected chi connectivity index (χ4v) is 4.58. The van der Waals surface area contributed by atoms with E-state index in [0.717, 1.165) is 11.3 Å². The Labute approximate surface area is 172 Å². The summed E-state index contributed by atoms with van der Waals surface area (Å²) >= 11 is 0. The van der Waals surface area contributed by atoms with Gasteiger partial charge in [-0.05, 0) is 43.9 Å². The number of methoxy groups -OCH3 is 1. The lowest BCUT2D eigenvalue weighted by molar-refractivity contribution is 0.0730. The Morgan fingerprint density at radius 1 is 1.24 bits per heavy atom. The van der Waals surface area contributed by atoms with Crippen molar-refractivity contribution in [1.29, 1.82) is 0 Å². The molecule has 0 unspecified atom stereocenters. The minimum Gasteiger partial charge on any atom is -0.497 e. The third-order valence-corrected chi connectivity index (χ3v) is 6.80. The lowest BCUT2D eigenvalue weighted by Crippen LogP contribution is -2.40. The second-order valence-electron chi connectivity index (χ2n) is 7.03. The molecule has 0 spiro atoms. The van der Waals surface area contributed by atoms with E-state index in [1.165, 1.54) is 10.5 Å². The van der Waals surface area contributed by atoms with E-state index in [2.05, 4.69) is 21.3 Å². The lowest BCUT2D eigenvalue weighted by Gasteiger charge is -2.26. The summed E-state index contributed by atoms with van der Waals surface area (Å²) in [5.74, 6) is 1.44. The Bertz CT molecular complexity index is 897. The fourth-order valence-electron chi connectivity index (χ4n) is 3.22. The summed E-state index contributed by atoms with van der Waals surface area (Å²) in [5, 5.41) is 3.30. The highest BCUT2D eigenvalue weighted by molar-refractivity contribution is 7.89. The van der Waals surface area contributed by atoms with Crippen LogP contribution in [0.25, 0.3) is 0 Å². The molecule has 1 aliphatic rings. The van der Waals surface area contributed by atoms with Gasteiger partial charge in [0.05, 0.1) is 26.4 Å². The van der Waals surface area contributed by atoms with E-state index in [0.29, 0.717) is 38.7 Å². The quantitative estimate of drug-likeness (QED) is 0.697. The number of ether oxygens (including phenoxy) is 2. The topological polar surface area (TPSA) is 84.0 Å². The number of sulfonamides is 1. The number of likely N-dealkylation sites (N-methyl/N-ethyl adjacent to an activating group) is 1. The molecule has 3 rings (SSSR count). The number of morpholine rings is 1. The third kappa shape index (κ3) is 5.24. The van der Waals surface area contributed by atoms with Gasteiger partial charge in [0.15, 0.2) is 0 Å². The van der Waals surface area contributed by atoms with Crippen molar-refractivity contribution in [3.05, 3.63) is 48.2 Å². The summed E-state index contributed by atoms with van der Waals surface area (Å²) in [6.45, 7) is 2.19. The minimum absolute atomic E-state index is 0.101. The molecule has 1 atom stereocenters. The van der Waals surface area contributed by atoms with Crippen LogP contribution in [-0.4, -0.2) is 76.7 Å². The van der Waals surface area contributed by atoms with Gasteiger partial charge in [0.2, 0.25) is 10.0 Å². The smallest absolute Gasteiger partial charge is 0.244 e. The molecule has 0 saturated carbocycles. The summed E-state index contributed by atoms with van der Waals surface area (Å²) < 4.78 is 37.4. The maximum absolute atomic E-state index is 12.7. The van der Waals surface area contributed by atoms with Crippen molar-refractivity contribution < 1.29 is 17.9 Å². The van der Waals surface area contributed by atoms with Crippen LogP contribution in [0.3, 0.4) is 0 Å². The Morgan fingerprint density at radius 3 is 2.62 bits per heavy atom. The van der Waals surface area contributed by atoms with Gasteiger partial charge in [-0.2, -0.15) is 4.31 Å². The highest BCUT2D eigenvalue weighted by Gasteiger charge is 2.26. The SMILES string of the molecule is COc1cccc([C@@H](CNc2ccc(S(=O)(=O)N3CCOCC3)cn2)N(C)C)c1. The molecule has 1 fully saturated rings.